The molecule has 2 heterocycles. The Kier molecular flexibility index (Phi) is 4.98. The number of amides is 1. The Balaban J connectivity index is 1.79. The van der Waals surface area contributed by atoms with Crippen molar-refractivity contribution in [1.29, 1.82) is 0 Å². The summed E-state index contributed by atoms with van der Waals surface area (Å²) in [5.74, 6) is 2.22. The molecule has 24 heavy (non-hydrogen) atoms. The Bertz CT molecular complexity index is 700. The third-order valence-corrected chi connectivity index (χ3v) is 3.94. The maximum atomic E-state index is 12.3. The van der Waals surface area contributed by atoms with E-state index in [-0.39, 0.29) is 5.91 Å². The predicted molar refractivity (Wildman–Crippen MR) is 91.0 cm³/mol. The summed E-state index contributed by atoms with van der Waals surface area (Å²) in [6, 6.07) is 7.75. The number of fused-ring (bicyclic) bond motifs is 1. The largest absolute Gasteiger partial charge is 0.477 e. The van der Waals surface area contributed by atoms with E-state index < -0.39 is 6.10 Å². The summed E-state index contributed by atoms with van der Waals surface area (Å²) < 4.78 is 5.89. The lowest BCUT2D eigenvalue weighted by Gasteiger charge is -2.35. The Morgan fingerprint density at radius 2 is 2.25 bits per heavy atom. The molecule has 0 saturated carbocycles. The second kappa shape index (κ2) is 7.33. The summed E-state index contributed by atoms with van der Waals surface area (Å²) in [6.45, 7) is 5.74. The number of nitrogens with one attached hydrogen (secondary N) is 2. The van der Waals surface area contributed by atoms with Gasteiger partial charge in [0.1, 0.15) is 11.6 Å². The van der Waals surface area contributed by atoms with Gasteiger partial charge >= 0.3 is 0 Å². The van der Waals surface area contributed by atoms with Crippen LogP contribution in [0.25, 0.3) is 0 Å². The molecule has 0 saturated heterocycles. The maximum Gasteiger partial charge on any atom is 0.262 e. The first-order chi connectivity index (χ1) is 11.7. The molecule has 128 valence electrons. The predicted octanol–water partition coefficient (Wildman–Crippen LogP) is 1.66. The van der Waals surface area contributed by atoms with Gasteiger partial charge in [-0.3, -0.25) is 9.89 Å². The fourth-order valence-electron chi connectivity index (χ4n) is 2.70. The van der Waals surface area contributed by atoms with Crippen molar-refractivity contribution < 1.29 is 9.53 Å². The van der Waals surface area contributed by atoms with Crippen molar-refractivity contribution in [2.24, 2.45) is 0 Å². The van der Waals surface area contributed by atoms with Crippen LogP contribution < -0.4 is 15.0 Å². The third kappa shape index (κ3) is 3.50. The highest BCUT2D eigenvalue weighted by molar-refractivity contribution is 5.83. The fourth-order valence-corrected chi connectivity index (χ4v) is 2.70. The zero-order valence-electron chi connectivity index (χ0n) is 14.1. The van der Waals surface area contributed by atoms with E-state index in [0.29, 0.717) is 19.6 Å². The van der Waals surface area contributed by atoms with Gasteiger partial charge in [-0.15, -0.1) is 0 Å². The second-order valence-corrected chi connectivity index (χ2v) is 5.80. The van der Waals surface area contributed by atoms with Crippen molar-refractivity contribution in [3.8, 4) is 5.75 Å². The van der Waals surface area contributed by atoms with Gasteiger partial charge in [0.05, 0.1) is 18.8 Å². The number of nitrogens with zero attached hydrogens (tertiary/aromatic N) is 3. The molecule has 1 amide bonds. The molecular weight excluding hydrogens is 306 g/mol. The van der Waals surface area contributed by atoms with E-state index in [9.17, 15) is 4.79 Å². The lowest BCUT2D eigenvalue weighted by Crippen LogP contribution is -2.49. The van der Waals surface area contributed by atoms with E-state index in [1.165, 1.54) is 0 Å². The number of rotatable bonds is 6. The molecule has 1 aromatic heterocycles. The molecule has 1 atom stereocenters. The molecule has 0 fully saturated rings. The highest BCUT2D eigenvalue weighted by atomic mass is 16.5. The summed E-state index contributed by atoms with van der Waals surface area (Å²) in [5.41, 5.74) is 0.964. The van der Waals surface area contributed by atoms with Crippen LogP contribution in [0.2, 0.25) is 0 Å². The maximum absolute atomic E-state index is 12.3. The van der Waals surface area contributed by atoms with Gasteiger partial charge in [0.25, 0.3) is 5.91 Å². The molecule has 1 aliphatic rings. The molecule has 7 heteroatoms. The van der Waals surface area contributed by atoms with Crippen LogP contribution in [0.1, 0.15) is 31.9 Å². The standard InChI is InChI=1S/C17H23N5O2/c1-3-9-18-17(23)14-10-22(11-16-19-15(4-2)20-21-16)12-7-5-6-8-13(12)24-14/h5-8,14H,3-4,9-11H2,1-2H3,(H,18,23)(H,19,20,21). The smallest absolute Gasteiger partial charge is 0.262 e. The van der Waals surface area contributed by atoms with Crippen LogP contribution in [-0.2, 0) is 17.8 Å². The SMILES string of the molecule is CCCNC(=O)C1CN(Cc2nc(CC)n[nH]2)c2ccccc2O1. The van der Waals surface area contributed by atoms with Crippen LogP contribution in [0, 0.1) is 0 Å². The Labute approximate surface area is 141 Å². The van der Waals surface area contributed by atoms with Gasteiger partial charge in [-0.25, -0.2) is 4.98 Å². The minimum Gasteiger partial charge on any atom is -0.477 e. The zero-order valence-corrected chi connectivity index (χ0v) is 14.1. The lowest BCUT2D eigenvalue weighted by atomic mass is 10.1. The number of aromatic amines is 1. The molecule has 2 aromatic rings. The Morgan fingerprint density at radius 1 is 1.42 bits per heavy atom. The summed E-state index contributed by atoms with van der Waals surface area (Å²) in [6.07, 6.45) is 1.16. The number of H-pyrrole nitrogens is 1. The first kappa shape index (κ1) is 16.3. The number of hydrogen-bond donors (Lipinski definition) is 2. The van der Waals surface area contributed by atoms with E-state index in [1.807, 2.05) is 38.1 Å². The number of aromatic nitrogens is 3. The van der Waals surface area contributed by atoms with Gasteiger partial charge in [-0.05, 0) is 18.6 Å². The summed E-state index contributed by atoms with van der Waals surface area (Å²) >= 11 is 0. The summed E-state index contributed by atoms with van der Waals surface area (Å²) in [5, 5.41) is 10.1. The highest BCUT2D eigenvalue weighted by Crippen LogP contribution is 2.33. The van der Waals surface area contributed by atoms with Crippen molar-refractivity contribution in [1.82, 2.24) is 20.5 Å². The van der Waals surface area contributed by atoms with Gasteiger partial charge in [0.2, 0.25) is 0 Å². The van der Waals surface area contributed by atoms with Crippen molar-refractivity contribution in [2.75, 3.05) is 18.0 Å². The number of hydrogen-bond acceptors (Lipinski definition) is 5. The summed E-state index contributed by atoms with van der Waals surface area (Å²) in [4.78, 5) is 18.9. The summed E-state index contributed by atoms with van der Waals surface area (Å²) in [7, 11) is 0. The number of carbonyl (C=O) groups is 1. The molecule has 3 rings (SSSR count). The molecule has 1 aromatic carbocycles. The molecule has 0 aliphatic carbocycles. The average Bonchev–Trinajstić information content (AvgIpc) is 3.07. The molecule has 0 bridgehead atoms. The zero-order chi connectivity index (χ0) is 16.9. The minimum atomic E-state index is -0.528. The number of aryl methyl sites for hydroxylation is 1. The molecule has 7 nitrogen and oxygen atoms in total. The molecule has 0 spiro atoms. The second-order valence-electron chi connectivity index (χ2n) is 5.80. The number of carbonyl (C=O) groups excluding carboxylic acids is 1. The van der Waals surface area contributed by atoms with Crippen molar-refractivity contribution in [3.63, 3.8) is 0 Å². The Hall–Kier alpha value is -2.57. The lowest BCUT2D eigenvalue weighted by molar-refractivity contribution is -0.127. The fraction of sp³-hybridized carbons (Fsp3) is 0.471. The van der Waals surface area contributed by atoms with E-state index in [2.05, 4.69) is 25.4 Å². The van der Waals surface area contributed by atoms with Gasteiger partial charge in [0, 0.05) is 13.0 Å². The van der Waals surface area contributed by atoms with Crippen LogP contribution in [0.3, 0.4) is 0 Å². The molecule has 1 aliphatic heterocycles. The topological polar surface area (TPSA) is 83.1 Å². The monoisotopic (exact) mass is 329 g/mol. The number of para-hydroxylation sites is 2. The molecule has 0 radical (unpaired) electrons. The van der Waals surface area contributed by atoms with Crippen LogP contribution in [0.15, 0.2) is 24.3 Å². The Morgan fingerprint density at radius 3 is 3.00 bits per heavy atom. The van der Waals surface area contributed by atoms with E-state index >= 15 is 0 Å². The van der Waals surface area contributed by atoms with Crippen molar-refractivity contribution in [2.45, 2.75) is 39.3 Å². The number of ether oxygens (including phenoxy) is 1. The van der Waals surface area contributed by atoms with Crippen LogP contribution in [-0.4, -0.2) is 40.3 Å². The quantitative estimate of drug-likeness (QED) is 0.842. The number of anilines is 1. The minimum absolute atomic E-state index is 0.0804. The van der Waals surface area contributed by atoms with Gasteiger partial charge < -0.3 is 15.0 Å². The highest BCUT2D eigenvalue weighted by Gasteiger charge is 2.30. The van der Waals surface area contributed by atoms with E-state index in [0.717, 1.165) is 35.9 Å². The molecule has 2 N–H and O–H groups in total. The van der Waals surface area contributed by atoms with Crippen molar-refractivity contribution >= 4 is 11.6 Å². The first-order valence-electron chi connectivity index (χ1n) is 8.39. The van der Waals surface area contributed by atoms with Crippen LogP contribution in [0.4, 0.5) is 5.69 Å². The average molecular weight is 329 g/mol. The normalized spacial score (nSPS) is 16.4. The van der Waals surface area contributed by atoms with Crippen LogP contribution in [0.5, 0.6) is 5.75 Å². The van der Waals surface area contributed by atoms with Gasteiger partial charge in [0.15, 0.2) is 11.9 Å². The van der Waals surface area contributed by atoms with Crippen molar-refractivity contribution in [3.05, 3.63) is 35.9 Å². The number of benzene rings is 1. The van der Waals surface area contributed by atoms with E-state index in [1.54, 1.807) is 0 Å². The van der Waals surface area contributed by atoms with Gasteiger partial charge in [-0.2, -0.15) is 5.10 Å². The van der Waals surface area contributed by atoms with E-state index in [4.69, 9.17) is 4.74 Å². The van der Waals surface area contributed by atoms with Gasteiger partial charge in [-0.1, -0.05) is 26.0 Å². The first-order valence-corrected chi connectivity index (χ1v) is 8.39. The van der Waals surface area contributed by atoms with Crippen LogP contribution >= 0.6 is 0 Å². The molecular formula is C17H23N5O2. The molecule has 1 unspecified atom stereocenters. The third-order valence-electron chi connectivity index (χ3n) is 3.94.